The minimum atomic E-state index is -0.976. The molecule has 2 fully saturated rings. The standard InChI is InChI=1S/C22H28N4O3/c1-24-11-13-25(14-12-24)19-16-26(20-8-7-17(15-23-20)21(27)28)10-9-22(19,29)18-5-3-2-4-6-18/h2-8,15,19,29H,9-14,16H2,1H3,(H,27,28)/t19-,22+/m1/s1. The first-order valence-electron chi connectivity index (χ1n) is 10.1. The van der Waals surface area contributed by atoms with Gasteiger partial charge >= 0.3 is 5.97 Å². The van der Waals surface area contributed by atoms with Crippen molar-refractivity contribution in [2.45, 2.75) is 18.1 Å². The van der Waals surface area contributed by atoms with E-state index in [2.05, 4.69) is 26.7 Å². The van der Waals surface area contributed by atoms with Gasteiger partial charge in [-0.05, 0) is 31.2 Å². The van der Waals surface area contributed by atoms with Crippen LogP contribution in [0.2, 0.25) is 0 Å². The first-order chi connectivity index (χ1) is 14.0. The summed E-state index contributed by atoms with van der Waals surface area (Å²) in [6, 6.07) is 13.2. The van der Waals surface area contributed by atoms with E-state index in [-0.39, 0.29) is 11.6 Å². The number of aromatic carboxylic acids is 1. The van der Waals surface area contributed by atoms with Crippen LogP contribution in [0.4, 0.5) is 5.82 Å². The Balaban J connectivity index is 1.61. The number of benzene rings is 1. The number of piperidine rings is 1. The Labute approximate surface area is 171 Å². The van der Waals surface area contributed by atoms with Crippen molar-refractivity contribution < 1.29 is 15.0 Å². The minimum Gasteiger partial charge on any atom is -0.478 e. The molecule has 2 saturated heterocycles. The summed E-state index contributed by atoms with van der Waals surface area (Å²) in [5.41, 5.74) is 0.217. The number of pyridine rings is 1. The molecule has 0 unspecified atom stereocenters. The normalized spacial score (nSPS) is 26.4. The fourth-order valence-corrected chi connectivity index (χ4v) is 4.45. The van der Waals surface area contributed by atoms with E-state index in [1.54, 1.807) is 12.1 Å². The summed E-state index contributed by atoms with van der Waals surface area (Å²) >= 11 is 0. The molecule has 7 nitrogen and oxygen atoms in total. The first-order valence-corrected chi connectivity index (χ1v) is 10.1. The van der Waals surface area contributed by atoms with Gasteiger partial charge in [0.1, 0.15) is 11.4 Å². The van der Waals surface area contributed by atoms with Crippen molar-refractivity contribution in [3.8, 4) is 0 Å². The molecule has 0 bridgehead atoms. The van der Waals surface area contributed by atoms with Crippen LogP contribution < -0.4 is 4.90 Å². The largest absolute Gasteiger partial charge is 0.478 e. The van der Waals surface area contributed by atoms with Crippen LogP contribution in [0.25, 0.3) is 0 Å². The van der Waals surface area contributed by atoms with Gasteiger partial charge in [-0.1, -0.05) is 30.3 Å². The van der Waals surface area contributed by atoms with Crippen LogP contribution in [0.3, 0.4) is 0 Å². The fourth-order valence-electron chi connectivity index (χ4n) is 4.45. The predicted octanol–water partition coefficient (Wildman–Crippen LogP) is 1.49. The molecular weight excluding hydrogens is 368 g/mol. The van der Waals surface area contributed by atoms with Crippen molar-refractivity contribution in [3.63, 3.8) is 0 Å². The van der Waals surface area contributed by atoms with E-state index in [1.165, 1.54) is 6.20 Å². The van der Waals surface area contributed by atoms with Gasteiger partial charge in [-0.2, -0.15) is 0 Å². The maximum atomic E-state index is 11.8. The second kappa shape index (κ2) is 8.10. The molecule has 0 aliphatic carbocycles. The lowest BCUT2D eigenvalue weighted by Gasteiger charge is -2.51. The highest BCUT2D eigenvalue weighted by Gasteiger charge is 2.46. The van der Waals surface area contributed by atoms with E-state index in [0.717, 1.165) is 37.6 Å². The quantitative estimate of drug-likeness (QED) is 0.811. The zero-order valence-corrected chi connectivity index (χ0v) is 16.7. The van der Waals surface area contributed by atoms with Crippen molar-refractivity contribution in [1.82, 2.24) is 14.8 Å². The van der Waals surface area contributed by atoms with Gasteiger partial charge in [0.2, 0.25) is 0 Å². The average molecular weight is 396 g/mol. The number of hydrogen-bond donors (Lipinski definition) is 2. The highest BCUT2D eigenvalue weighted by Crippen LogP contribution is 2.37. The van der Waals surface area contributed by atoms with E-state index in [1.807, 2.05) is 30.3 Å². The van der Waals surface area contributed by atoms with Gasteiger partial charge in [0.25, 0.3) is 0 Å². The Morgan fingerprint density at radius 1 is 1.07 bits per heavy atom. The van der Waals surface area contributed by atoms with E-state index in [9.17, 15) is 9.90 Å². The van der Waals surface area contributed by atoms with Crippen molar-refractivity contribution in [1.29, 1.82) is 0 Å². The van der Waals surface area contributed by atoms with Gasteiger partial charge in [-0.15, -0.1) is 0 Å². The van der Waals surface area contributed by atoms with E-state index >= 15 is 0 Å². The highest BCUT2D eigenvalue weighted by atomic mass is 16.4. The molecule has 1 aromatic carbocycles. The molecule has 0 amide bonds. The molecule has 2 aromatic rings. The summed E-state index contributed by atoms with van der Waals surface area (Å²) < 4.78 is 0. The molecule has 0 spiro atoms. The van der Waals surface area contributed by atoms with Gasteiger partial charge in [-0.3, -0.25) is 4.90 Å². The monoisotopic (exact) mass is 396 g/mol. The number of nitrogens with zero attached hydrogens (tertiary/aromatic N) is 4. The van der Waals surface area contributed by atoms with Crippen LogP contribution in [0.5, 0.6) is 0 Å². The lowest BCUT2D eigenvalue weighted by Crippen LogP contribution is -2.64. The Kier molecular flexibility index (Phi) is 5.54. The SMILES string of the molecule is CN1CCN([C@@H]2CN(c3ccc(C(=O)O)cn3)CC[C@]2(O)c2ccccc2)CC1. The molecule has 1 aromatic heterocycles. The van der Waals surface area contributed by atoms with Crippen molar-refractivity contribution in [3.05, 3.63) is 59.8 Å². The molecule has 0 saturated carbocycles. The lowest BCUT2D eigenvalue weighted by atomic mass is 9.79. The molecule has 154 valence electrons. The molecular formula is C22H28N4O3. The number of aliphatic hydroxyl groups is 1. The third kappa shape index (κ3) is 3.99. The zero-order valence-electron chi connectivity index (χ0n) is 16.7. The maximum absolute atomic E-state index is 11.8. The number of piperazine rings is 1. The summed E-state index contributed by atoms with van der Waals surface area (Å²) in [5.74, 6) is -0.222. The summed E-state index contributed by atoms with van der Waals surface area (Å²) in [5, 5.41) is 20.9. The smallest absolute Gasteiger partial charge is 0.337 e. The van der Waals surface area contributed by atoms with Crippen LogP contribution >= 0.6 is 0 Å². The van der Waals surface area contributed by atoms with Crippen LogP contribution in [0, 0.1) is 0 Å². The van der Waals surface area contributed by atoms with Crippen molar-refractivity contribution in [2.75, 3.05) is 51.2 Å². The molecule has 2 aliphatic heterocycles. The first kappa shape index (κ1) is 19.8. The summed E-state index contributed by atoms with van der Waals surface area (Å²) in [7, 11) is 2.13. The van der Waals surface area contributed by atoms with Crippen LogP contribution in [0.15, 0.2) is 48.7 Å². The van der Waals surface area contributed by atoms with Gasteiger partial charge in [0.05, 0.1) is 11.6 Å². The Bertz CT molecular complexity index is 837. The van der Waals surface area contributed by atoms with E-state index in [0.29, 0.717) is 19.5 Å². The number of carboxylic acids is 1. The summed E-state index contributed by atoms with van der Waals surface area (Å²) in [4.78, 5) is 22.4. The number of carboxylic acid groups (broad SMARTS) is 1. The molecule has 0 radical (unpaired) electrons. The number of hydrogen-bond acceptors (Lipinski definition) is 6. The van der Waals surface area contributed by atoms with E-state index < -0.39 is 11.6 Å². The van der Waals surface area contributed by atoms with Crippen molar-refractivity contribution in [2.24, 2.45) is 0 Å². The second-order valence-electron chi connectivity index (χ2n) is 8.05. The number of likely N-dealkylation sites (N-methyl/N-ethyl adjacent to an activating group) is 1. The highest BCUT2D eigenvalue weighted by molar-refractivity contribution is 5.87. The third-order valence-electron chi connectivity index (χ3n) is 6.28. The topological polar surface area (TPSA) is 80.1 Å². The van der Waals surface area contributed by atoms with Gasteiger partial charge in [0, 0.05) is 45.5 Å². The lowest BCUT2D eigenvalue weighted by molar-refractivity contribution is -0.0757. The number of aromatic nitrogens is 1. The van der Waals surface area contributed by atoms with Crippen LogP contribution in [0.1, 0.15) is 22.3 Å². The maximum Gasteiger partial charge on any atom is 0.337 e. The van der Waals surface area contributed by atoms with Crippen LogP contribution in [-0.2, 0) is 5.60 Å². The number of anilines is 1. The van der Waals surface area contributed by atoms with Crippen molar-refractivity contribution >= 4 is 11.8 Å². The molecule has 4 rings (SSSR count). The molecule has 2 aliphatic rings. The molecule has 29 heavy (non-hydrogen) atoms. The Morgan fingerprint density at radius 3 is 2.41 bits per heavy atom. The van der Waals surface area contributed by atoms with Crippen LogP contribution in [-0.4, -0.2) is 83.3 Å². The minimum absolute atomic E-state index is 0.0618. The molecule has 2 N–H and O–H groups in total. The predicted molar refractivity (Wildman–Crippen MR) is 111 cm³/mol. The molecule has 3 heterocycles. The molecule has 2 atom stereocenters. The average Bonchev–Trinajstić information content (AvgIpc) is 2.75. The summed E-state index contributed by atoms with van der Waals surface area (Å²) in [6.07, 6.45) is 2.00. The Morgan fingerprint density at radius 2 is 1.79 bits per heavy atom. The van der Waals surface area contributed by atoms with Gasteiger partial charge < -0.3 is 20.0 Å². The second-order valence-corrected chi connectivity index (χ2v) is 8.05. The third-order valence-corrected chi connectivity index (χ3v) is 6.28. The number of carbonyl (C=O) groups is 1. The number of rotatable bonds is 4. The Hall–Kier alpha value is -2.48. The zero-order chi connectivity index (χ0) is 20.4. The molecule has 7 heteroatoms. The summed E-state index contributed by atoms with van der Waals surface area (Å²) in [6.45, 7) is 5.09. The van der Waals surface area contributed by atoms with Gasteiger partial charge in [0.15, 0.2) is 0 Å². The van der Waals surface area contributed by atoms with Gasteiger partial charge in [-0.25, -0.2) is 9.78 Å². The van der Waals surface area contributed by atoms with E-state index in [4.69, 9.17) is 5.11 Å². The fraction of sp³-hybridized carbons (Fsp3) is 0.455.